The second-order valence-electron chi connectivity index (χ2n) is 4.21. The molecule has 0 atom stereocenters. The highest BCUT2D eigenvalue weighted by molar-refractivity contribution is 5.65. The molecule has 1 N–H and O–H groups in total. The third-order valence-corrected chi connectivity index (χ3v) is 2.87. The molecule has 2 rings (SSSR count). The fourth-order valence-corrected chi connectivity index (χ4v) is 1.90. The van der Waals surface area contributed by atoms with Gasteiger partial charge in [0.2, 0.25) is 5.82 Å². The molecule has 0 amide bonds. The van der Waals surface area contributed by atoms with Crippen LogP contribution < -0.4 is 0 Å². The predicted molar refractivity (Wildman–Crippen MR) is 67.5 cm³/mol. The van der Waals surface area contributed by atoms with Crippen LogP contribution in [0.1, 0.15) is 18.9 Å². The highest BCUT2D eigenvalue weighted by Gasteiger charge is 2.13. The van der Waals surface area contributed by atoms with E-state index < -0.39 is 17.4 Å². The van der Waals surface area contributed by atoms with Gasteiger partial charge in [0.1, 0.15) is 0 Å². The minimum absolute atomic E-state index is 0.161. The Balaban J connectivity index is 2.40. The van der Waals surface area contributed by atoms with Crippen LogP contribution in [0, 0.1) is 11.6 Å². The minimum atomic E-state index is -1.20. The molecule has 0 fully saturated rings. The van der Waals surface area contributed by atoms with Crippen molar-refractivity contribution >= 4 is 0 Å². The summed E-state index contributed by atoms with van der Waals surface area (Å²) < 4.78 is 26.9. The second kappa shape index (κ2) is 5.17. The molecule has 2 aromatic rings. The smallest absolute Gasteiger partial charge is 0.200 e. The van der Waals surface area contributed by atoms with Crippen molar-refractivity contribution in [1.29, 1.82) is 0 Å². The first-order valence-corrected chi connectivity index (χ1v) is 5.89. The number of halogens is 2. The number of aromatic hydroxyl groups is 1. The second-order valence-corrected chi connectivity index (χ2v) is 4.21. The van der Waals surface area contributed by atoms with Gasteiger partial charge in [0, 0.05) is 5.56 Å². The summed E-state index contributed by atoms with van der Waals surface area (Å²) in [7, 11) is 0. The van der Waals surface area contributed by atoms with Crippen LogP contribution in [0.3, 0.4) is 0 Å². The summed E-state index contributed by atoms with van der Waals surface area (Å²) in [5.74, 6) is -2.89. The van der Waals surface area contributed by atoms with Crippen LogP contribution in [0.5, 0.6) is 5.75 Å². The summed E-state index contributed by atoms with van der Waals surface area (Å²) in [5, 5.41) is 9.07. The van der Waals surface area contributed by atoms with E-state index in [1.807, 2.05) is 12.1 Å². The average molecular weight is 248 g/mol. The Hall–Kier alpha value is -1.90. The van der Waals surface area contributed by atoms with Crippen molar-refractivity contribution in [3.63, 3.8) is 0 Å². The lowest BCUT2D eigenvalue weighted by atomic mass is 10.0. The van der Waals surface area contributed by atoms with E-state index >= 15 is 0 Å². The molecule has 0 aromatic heterocycles. The van der Waals surface area contributed by atoms with Gasteiger partial charge in [0.25, 0.3) is 0 Å². The maximum atomic E-state index is 13.7. The Bertz CT molecular complexity index is 547. The number of aryl methyl sites for hydroxylation is 1. The molecular weight excluding hydrogens is 234 g/mol. The van der Waals surface area contributed by atoms with E-state index in [-0.39, 0.29) is 5.56 Å². The van der Waals surface area contributed by atoms with Crippen LogP contribution in [0.15, 0.2) is 36.4 Å². The first-order chi connectivity index (χ1) is 8.63. The SMILES string of the molecule is CCCc1ccc(-c2ccc(O)c(F)c2F)cc1. The molecule has 0 heterocycles. The molecule has 0 aliphatic carbocycles. The molecule has 0 saturated carbocycles. The molecule has 0 aliphatic heterocycles. The molecule has 94 valence electrons. The zero-order valence-electron chi connectivity index (χ0n) is 10.1. The van der Waals surface area contributed by atoms with Gasteiger partial charge in [-0.05, 0) is 29.7 Å². The first kappa shape index (κ1) is 12.6. The number of hydrogen-bond acceptors (Lipinski definition) is 1. The predicted octanol–water partition coefficient (Wildman–Crippen LogP) is 4.29. The molecule has 0 unspecified atom stereocenters. The van der Waals surface area contributed by atoms with Crippen molar-refractivity contribution in [3.8, 4) is 16.9 Å². The summed E-state index contributed by atoms with van der Waals surface area (Å²) in [4.78, 5) is 0. The minimum Gasteiger partial charge on any atom is -0.505 e. The number of hydrogen-bond donors (Lipinski definition) is 1. The lowest BCUT2D eigenvalue weighted by Crippen LogP contribution is -1.91. The third kappa shape index (κ3) is 2.35. The van der Waals surface area contributed by atoms with E-state index in [9.17, 15) is 8.78 Å². The fraction of sp³-hybridized carbons (Fsp3) is 0.200. The average Bonchev–Trinajstić information content (AvgIpc) is 2.38. The van der Waals surface area contributed by atoms with Crippen molar-refractivity contribution < 1.29 is 13.9 Å². The van der Waals surface area contributed by atoms with E-state index in [0.29, 0.717) is 5.56 Å². The molecule has 0 radical (unpaired) electrons. The van der Waals surface area contributed by atoms with Gasteiger partial charge in [-0.1, -0.05) is 37.6 Å². The van der Waals surface area contributed by atoms with Crippen molar-refractivity contribution in [2.75, 3.05) is 0 Å². The summed E-state index contributed by atoms with van der Waals surface area (Å²) in [5.41, 5.74) is 1.93. The van der Waals surface area contributed by atoms with Crippen molar-refractivity contribution in [2.24, 2.45) is 0 Å². The first-order valence-electron chi connectivity index (χ1n) is 5.89. The Kier molecular flexibility index (Phi) is 3.60. The van der Waals surface area contributed by atoms with Gasteiger partial charge in [0.15, 0.2) is 11.6 Å². The Morgan fingerprint density at radius 1 is 0.944 bits per heavy atom. The fourth-order valence-electron chi connectivity index (χ4n) is 1.90. The van der Waals surface area contributed by atoms with Gasteiger partial charge in [-0.15, -0.1) is 0 Å². The van der Waals surface area contributed by atoms with Gasteiger partial charge in [0.05, 0.1) is 0 Å². The van der Waals surface area contributed by atoms with E-state index in [1.165, 1.54) is 11.6 Å². The monoisotopic (exact) mass is 248 g/mol. The van der Waals surface area contributed by atoms with Crippen molar-refractivity contribution in [3.05, 3.63) is 53.6 Å². The van der Waals surface area contributed by atoms with Crippen LogP contribution in [0.4, 0.5) is 8.78 Å². The summed E-state index contributed by atoms with van der Waals surface area (Å²) in [6.45, 7) is 2.09. The normalized spacial score (nSPS) is 10.6. The topological polar surface area (TPSA) is 20.2 Å². The van der Waals surface area contributed by atoms with Gasteiger partial charge in [-0.25, -0.2) is 4.39 Å². The maximum absolute atomic E-state index is 13.7. The van der Waals surface area contributed by atoms with E-state index in [1.54, 1.807) is 12.1 Å². The van der Waals surface area contributed by atoms with Crippen LogP contribution in [-0.2, 0) is 6.42 Å². The lowest BCUT2D eigenvalue weighted by molar-refractivity contribution is 0.408. The molecular formula is C15H14F2O. The third-order valence-electron chi connectivity index (χ3n) is 2.87. The van der Waals surface area contributed by atoms with Crippen LogP contribution in [0.25, 0.3) is 11.1 Å². The molecule has 0 bridgehead atoms. The number of benzene rings is 2. The van der Waals surface area contributed by atoms with Crippen molar-refractivity contribution in [1.82, 2.24) is 0 Å². The Labute approximate surface area is 105 Å². The zero-order valence-corrected chi connectivity index (χ0v) is 10.1. The molecule has 3 heteroatoms. The number of rotatable bonds is 3. The summed E-state index contributed by atoms with van der Waals surface area (Å²) in [6.07, 6.45) is 2.01. The summed E-state index contributed by atoms with van der Waals surface area (Å²) >= 11 is 0. The maximum Gasteiger partial charge on any atom is 0.200 e. The highest BCUT2D eigenvalue weighted by Crippen LogP contribution is 2.29. The molecule has 0 aliphatic rings. The molecule has 0 spiro atoms. The molecule has 1 nitrogen and oxygen atoms in total. The van der Waals surface area contributed by atoms with Gasteiger partial charge < -0.3 is 5.11 Å². The number of phenolic OH excluding ortho intramolecular Hbond substituents is 1. The van der Waals surface area contributed by atoms with Crippen LogP contribution in [-0.4, -0.2) is 5.11 Å². The highest BCUT2D eigenvalue weighted by atomic mass is 19.2. The molecule has 2 aromatic carbocycles. The van der Waals surface area contributed by atoms with Gasteiger partial charge >= 0.3 is 0 Å². The Morgan fingerprint density at radius 2 is 1.61 bits per heavy atom. The summed E-state index contributed by atoms with van der Waals surface area (Å²) in [6, 6.07) is 9.88. The van der Waals surface area contributed by atoms with E-state index in [4.69, 9.17) is 5.11 Å². The standard InChI is InChI=1S/C15H14F2O/c1-2-3-10-4-6-11(7-5-10)12-8-9-13(18)15(17)14(12)16/h4-9,18H,2-3H2,1H3. The van der Waals surface area contributed by atoms with Crippen LogP contribution >= 0.6 is 0 Å². The number of phenols is 1. The zero-order chi connectivity index (χ0) is 13.1. The van der Waals surface area contributed by atoms with E-state index in [2.05, 4.69) is 6.92 Å². The Morgan fingerprint density at radius 3 is 2.22 bits per heavy atom. The largest absolute Gasteiger partial charge is 0.505 e. The quantitative estimate of drug-likeness (QED) is 0.859. The molecule has 0 saturated heterocycles. The lowest BCUT2D eigenvalue weighted by Gasteiger charge is -2.06. The van der Waals surface area contributed by atoms with E-state index in [0.717, 1.165) is 18.9 Å². The molecule has 18 heavy (non-hydrogen) atoms. The van der Waals surface area contributed by atoms with Gasteiger partial charge in [-0.2, -0.15) is 4.39 Å². The van der Waals surface area contributed by atoms with Crippen LogP contribution in [0.2, 0.25) is 0 Å². The van der Waals surface area contributed by atoms with Gasteiger partial charge in [-0.3, -0.25) is 0 Å². The van der Waals surface area contributed by atoms with Crippen molar-refractivity contribution in [2.45, 2.75) is 19.8 Å².